The largest absolute Gasteiger partial charge is 0.396 e. The van der Waals surface area contributed by atoms with Crippen LogP contribution in [-0.2, 0) is 10.0 Å². The Labute approximate surface area is 113 Å². The summed E-state index contributed by atoms with van der Waals surface area (Å²) < 4.78 is 26.2. The number of aromatic nitrogens is 1. The van der Waals surface area contributed by atoms with Gasteiger partial charge in [0.2, 0.25) is 10.0 Å². The van der Waals surface area contributed by atoms with Crippen molar-refractivity contribution in [1.29, 1.82) is 0 Å². The van der Waals surface area contributed by atoms with Gasteiger partial charge in [0.05, 0.1) is 0 Å². The zero-order chi connectivity index (χ0) is 13.9. The van der Waals surface area contributed by atoms with E-state index in [0.717, 1.165) is 6.42 Å². The lowest BCUT2D eigenvalue weighted by Crippen LogP contribution is -2.29. The maximum atomic E-state index is 12.4. The molecule has 1 aromatic heterocycles. The van der Waals surface area contributed by atoms with E-state index < -0.39 is 10.0 Å². The second-order valence-electron chi connectivity index (χ2n) is 4.66. The minimum Gasteiger partial charge on any atom is -0.396 e. The van der Waals surface area contributed by atoms with E-state index in [-0.39, 0.29) is 17.4 Å². The Bertz CT molecular complexity index is 516. The van der Waals surface area contributed by atoms with Gasteiger partial charge in [-0.1, -0.05) is 0 Å². The fraction of sp³-hybridized carbons (Fsp3) is 0.583. The monoisotopic (exact) mass is 285 g/mol. The summed E-state index contributed by atoms with van der Waals surface area (Å²) in [6.07, 6.45) is 2.84. The number of anilines is 1. The van der Waals surface area contributed by atoms with Crippen LogP contribution in [0.2, 0.25) is 0 Å². The van der Waals surface area contributed by atoms with Crippen LogP contribution in [0, 0.1) is 5.92 Å². The molecule has 19 heavy (non-hydrogen) atoms. The van der Waals surface area contributed by atoms with Crippen molar-refractivity contribution in [3.8, 4) is 0 Å². The topological polar surface area (TPSA) is 82.5 Å². The van der Waals surface area contributed by atoms with E-state index in [1.807, 2.05) is 0 Å². The van der Waals surface area contributed by atoms with Gasteiger partial charge in [-0.3, -0.25) is 0 Å². The highest BCUT2D eigenvalue weighted by atomic mass is 32.2. The van der Waals surface area contributed by atoms with Crippen molar-refractivity contribution in [2.24, 2.45) is 5.92 Å². The Kier molecular flexibility index (Phi) is 4.38. The molecule has 1 atom stereocenters. The Hall–Kier alpha value is -1.18. The van der Waals surface area contributed by atoms with Crippen LogP contribution in [0.15, 0.2) is 23.2 Å². The average Bonchev–Trinajstić information content (AvgIpc) is 2.89. The maximum Gasteiger partial charge on any atom is 0.244 e. The number of rotatable bonds is 5. The fourth-order valence-electron chi connectivity index (χ4n) is 2.26. The van der Waals surface area contributed by atoms with Crippen LogP contribution in [0.1, 0.15) is 12.8 Å². The van der Waals surface area contributed by atoms with Crippen LogP contribution in [0.3, 0.4) is 0 Å². The van der Waals surface area contributed by atoms with Gasteiger partial charge in [0.15, 0.2) is 0 Å². The molecule has 6 nitrogen and oxygen atoms in total. The van der Waals surface area contributed by atoms with Crippen molar-refractivity contribution >= 4 is 15.8 Å². The zero-order valence-electron chi connectivity index (χ0n) is 10.9. The third-order valence-corrected chi connectivity index (χ3v) is 5.26. The normalized spacial score (nSPS) is 20.6. The number of hydrogen-bond acceptors (Lipinski definition) is 5. The fourth-order valence-corrected chi connectivity index (χ4v) is 3.74. The summed E-state index contributed by atoms with van der Waals surface area (Å²) in [6, 6.07) is 3.21. The highest BCUT2D eigenvalue weighted by Crippen LogP contribution is 2.25. The first-order valence-electron chi connectivity index (χ1n) is 6.32. The molecular formula is C12H19N3O3S. The number of aliphatic hydroxyl groups excluding tert-OH is 1. The molecule has 1 aliphatic heterocycles. The van der Waals surface area contributed by atoms with Crippen LogP contribution in [0.5, 0.6) is 0 Å². The van der Waals surface area contributed by atoms with E-state index in [4.69, 9.17) is 5.11 Å². The van der Waals surface area contributed by atoms with Gasteiger partial charge in [-0.25, -0.2) is 13.4 Å². The predicted octanol–water partition coefficient (Wildman–Crippen LogP) is 0.516. The molecule has 1 aromatic rings. The first kappa shape index (κ1) is 14.2. The molecule has 0 amide bonds. The number of nitrogens with one attached hydrogen (secondary N) is 1. The molecular weight excluding hydrogens is 266 g/mol. The molecule has 1 unspecified atom stereocenters. The van der Waals surface area contributed by atoms with E-state index in [1.54, 1.807) is 19.2 Å². The lowest BCUT2D eigenvalue weighted by atomic mass is 10.1. The molecule has 0 spiro atoms. The molecule has 2 N–H and O–H groups in total. The quantitative estimate of drug-likeness (QED) is 0.824. The van der Waals surface area contributed by atoms with E-state index in [1.165, 1.54) is 10.5 Å². The van der Waals surface area contributed by atoms with E-state index in [0.29, 0.717) is 25.3 Å². The van der Waals surface area contributed by atoms with Crippen molar-refractivity contribution < 1.29 is 13.5 Å². The van der Waals surface area contributed by atoms with Crippen molar-refractivity contribution in [3.05, 3.63) is 18.3 Å². The maximum absolute atomic E-state index is 12.4. The van der Waals surface area contributed by atoms with Gasteiger partial charge in [0.1, 0.15) is 10.7 Å². The number of nitrogens with zero attached hydrogens (tertiary/aromatic N) is 2. The SMILES string of the molecule is CNc1ccc(S(=O)(=O)N2CCC(CCO)C2)cn1. The van der Waals surface area contributed by atoms with Crippen molar-refractivity contribution in [2.75, 3.05) is 32.1 Å². The highest BCUT2D eigenvalue weighted by Gasteiger charge is 2.32. The lowest BCUT2D eigenvalue weighted by Gasteiger charge is -2.16. The standard InChI is InChI=1S/C12H19N3O3S/c1-13-12-3-2-11(8-14-12)19(17,18)15-6-4-10(9-15)5-7-16/h2-3,8,10,16H,4-7,9H2,1H3,(H,13,14). The second kappa shape index (κ2) is 5.85. The molecule has 2 heterocycles. The van der Waals surface area contributed by atoms with Crippen LogP contribution in [0.4, 0.5) is 5.82 Å². The van der Waals surface area contributed by atoms with Crippen molar-refractivity contribution in [2.45, 2.75) is 17.7 Å². The molecule has 2 rings (SSSR count). The van der Waals surface area contributed by atoms with Crippen LogP contribution >= 0.6 is 0 Å². The van der Waals surface area contributed by atoms with E-state index in [2.05, 4.69) is 10.3 Å². The van der Waals surface area contributed by atoms with Gasteiger partial charge in [-0.05, 0) is 30.9 Å². The molecule has 0 aliphatic carbocycles. The molecule has 7 heteroatoms. The minimum absolute atomic E-state index is 0.108. The summed E-state index contributed by atoms with van der Waals surface area (Å²) >= 11 is 0. The van der Waals surface area contributed by atoms with Gasteiger partial charge in [-0.2, -0.15) is 4.31 Å². The third kappa shape index (κ3) is 3.05. The molecule has 0 bridgehead atoms. The number of sulfonamides is 1. The Morgan fingerprint density at radius 1 is 1.53 bits per heavy atom. The second-order valence-corrected chi connectivity index (χ2v) is 6.60. The molecule has 1 fully saturated rings. The number of hydrogen-bond donors (Lipinski definition) is 2. The van der Waals surface area contributed by atoms with Gasteiger partial charge in [0, 0.05) is 32.9 Å². The number of aliphatic hydroxyl groups is 1. The van der Waals surface area contributed by atoms with E-state index in [9.17, 15) is 8.42 Å². The van der Waals surface area contributed by atoms with Gasteiger partial charge in [0.25, 0.3) is 0 Å². The third-order valence-electron chi connectivity index (χ3n) is 3.42. The first-order valence-corrected chi connectivity index (χ1v) is 7.76. The first-order chi connectivity index (χ1) is 9.07. The van der Waals surface area contributed by atoms with Crippen LogP contribution in [0.25, 0.3) is 0 Å². The van der Waals surface area contributed by atoms with Crippen molar-refractivity contribution in [1.82, 2.24) is 9.29 Å². The van der Waals surface area contributed by atoms with Crippen LogP contribution < -0.4 is 5.32 Å². The predicted molar refractivity (Wildman–Crippen MR) is 72.4 cm³/mol. The van der Waals surface area contributed by atoms with Crippen LogP contribution in [-0.4, -0.2) is 49.6 Å². The Morgan fingerprint density at radius 3 is 2.89 bits per heavy atom. The Balaban J connectivity index is 2.13. The summed E-state index contributed by atoms with van der Waals surface area (Å²) in [4.78, 5) is 4.25. The van der Waals surface area contributed by atoms with Gasteiger partial charge < -0.3 is 10.4 Å². The summed E-state index contributed by atoms with van der Waals surface area (Å²) in [5.74, 6) is 0.892. The summed E-state index contributed by atoms with van der Waals surface area (Å²) in [6.45, 7) is 1.11. The molecule has 0 radical (unpaired) electrons. The average molecular weight is 285 g/mol. The molecule has 0 aromatic carbocycles. The van der Waals surface area contributed by atoms with Crippen molar-refractivity contribution in [3.63, 3.8) is 0 Å². The molecule has 1 saturated heterocycles. The Morgan fingerprint density at radius 2 is 2.32 bits per heavy atom. The highest BCUT2D eigenvalue weighted by molar-refractivity contribution is 7.89. The summed E-state index contributed by atoms with van der Waals surface area (Å²) in [5.41, 5.74) is 0. The summed E-state index contributed by atoms with van der Waals surface area (Å²) in [5, 5.41) is 11.8. The zero-order valence-corrected chi connectivity index (χ0v) is 11.7. The van der Waals surface area contributed by atoms with E-state index >= 15 is 0 Å². The minimum atomic E-state index is -3.45. The number of pyridine rings is 1. The summed E-state index contributed by atoms with van der Waals surface area (Å²) in [7, 11) is -1.72. The molecule has 0 saturated carbocycles. The van der Waals surface area contributed by atoms with Gasteiger partial charge >= 0.3 is 0 Å². The smallest absolute Gasteiger partial charge is 0.244 e. The molecule has 1 aliphatic rings. The molecule has 106 valence electrons. The lowest BCUT2D eigenvalue weighted by molar-refractivity contribution is 0.259. The van der Waals surface area contributed by atoms with Gasteiger partial charge in [-0.15, -0.1) is 0 Å².